The normalized spacial score (nSPS) is 11.8. The molecule has 0 radical (unpaired) electrons. The summed E-state index contributed by atoms with van der Waals surface area (Å²) in [4.78, 5) is 20.2. The maximum Gasteiger partial charge on any atom is 0.233 e. The molecule has 0 fully saturated rings. The van der Waals surface area contributed by atoms with Crippen molar-refractivity contribution in [3.05, 3.63) is 37.1 Å². The molecule has 0 saturated heterocycles. The van der Waals surface area contributed by atoms with Crippen molar-refractivity contribution in [1.82, 2.24) is 25.5 Å². The van der Waals surface area contributed by atoms with Gasteiger partial charge in [-0.3, -0.25) is 14.9 Å². The lowest BCUT2D eigenvalue weighted by atomic mass is 10.3. The molecule has 1 atom stereocenters. The summed E-state index contributed by atoms with van der Waals surface area (Å²) in [5, 5.41) is 9.88. The van der Waals surface area contributed by atoms with Crippen LogP contribution in [0, 0.1) is 0 Å². The summed E-state index contributed by atoms with van der Waals surface area (Å²) in [6, 6.07) is 5.56. The van der Waals surface area contributed by atoms with Crippen molar-refractivity contribution in [2.45, 2.75) is 17.3 Å². The monoisotopic (exact) mass is 289 g/mol. The molecular formula is C13H15N5OS. The Morgan fingerprint density at radius 1 is 1.60 bits per heavy atom. The number of aromatic nitrogens is 4. The first-order chi connectivity index (χ1) is 9.70. The van der Waals surface area contributed by atoms with Crippen LogP contribution in [-0.4, -0.2) is 37.9 Å². The van der Waals surface area contributed by atoms with Crippen LogP contribution in [0.5, 0.6) is 0 Å². The van der Waals surface area contributed by atoms with E-state index in [4.69, 9.17) is 0 Å². The minimum atomic E-state index is -0.276. The number of hydrogen-bond acceptors (Lipinski definition) is 5. The third kappa shape index (κ3) is 3.67. The van der Waals surface area contributed by atoms with E-state index in [1.54, 1.807) is 19.2 Å². The first-order valence-electron chi connectivity index (χ1n) is 6.09. The average molecular weight is 289 g/mol. The minimum absolute atomic E-state index is 0.0703. The number of amides is 1. The Balaban J connectivity index is 1.99. The molecule has 104 valence electrons. The molecule has 7 heteroatoms. The molecule has 0 aliphatic rings. The van der Waals surface area contributed by atoms with E-state index in [-0.39, 0.29) is 11.2 Å². The van der Waals surface area contributed by atoms with E-state index in [9.17, 15) is 4.79 Å². The van der Waals surface area contributed by atoms with Gasteiger partial charge in [0.1, 0.15) is 5.69 Å². The van der Waals surface area contributed by atoms with Crippen LogP contribution in [0.3, 0.4) is 0 Å². The molecule has 2 heterocycles. The number of carbonyl (C=O) groups excluding carboxylic acids is 1. The van der Waals surface area contributed by atoms with E-state index in [0.717, 1.165) is 5.69 Å². The summed E-state index contributed by atoms with van der Waals surface area (Å²) < 4.78 is 0. The molecule has 6 nitrogen and oxygen atoms in total. The van der Waals surface area contributed by atoms with E-state index in [2.05, 4.69) is 32.1 Å². The lowest BCUT2D eigenvalue weighted by molar-refractivity contribution is -0.120. The zero-order chi connectivity index (χ0) is 14.4. The third-order valence-corrected chi connectivity index (χ3v) is 3.41. The Hall–Kier alpha value is -2.15. The number of nitrogens with zero attached hydrogens (tertiary/aromatic N) is 3. The van der Waals surface area contributed by atoms with Gasteiger partial charge in [-0.15, -0.1) is 11.7 Å². The third-order valence-electron chi connectivity index (χ3n) is 2.44. The molecule has 0 spiro atoms. The Labute approximate surface area is 121 Å². The zero-order valence-electron chi connectivity index (χ0n) is 11.0. The van der Waals surface area contributed by atoms with Gasteiger partial charge in [-0.05, 0) is 19.1 Å². The summed E-state index contributed by atoms with van der Waals surface area (Å²) in [6.45, 7) is 5.82. The molecule has 0 unspecified atom stereocenters. The van der Waals surface area contributed by atoms with Crippen LogP contribution in [0.2, 0.25) is 0 Å². The van der Waals surface area contributed by atoms with Crippen molar-refractivity contribution in [2.24, 2.45) is 0 Å². The molecule has 2 aromatic rings. The lowest BCUT2D eigenvalue weighted by Gasteiger charge is -2.07. The Kier molecular flexibility index (Phi) is 4.89. The molecule has 0 bridgehead atoms. The second kappa shape index (κ2) is 6.85. The van der Waals surface area contributed by atoms with Gasteiger partial charge in [0.15, 0.2) is 5.82 Å². The SMILES string of the molecule is C=CCNC(=O)[C@H](C)Sc1n[nH]c(-c2ccccn2)n1. The van der Waals surface area contributed by atoms with Gasteiger partial charge in [0.05, 0.1) is 5.25 Å². The van der Waals surface area contributed by atoms with Crippen LogP contribution in [0.1, 0.15) is 6.92 Å². The lowest BCUT2D eigenvalue weighted by Crippen LogP contribution is -2.30. The average Bonchev–Trinajstić information content (AvgIpc) is 2.94. The maximum absolute atomic E-state index is 11.7. The van der Waals surface area contributed by atoms with Gasteiger partial charge in [0.25, 0.3) is 0 Å². The van der Waals surface area contributed by atoms with Crippen molar-refractivity contribution in [3.63, 3.8) is 0 Å². The van der Waals surface area contributed by atoms with Gasteiger partial charge in [-0.2, -0.15) is 4.98 Å². The zero-order valence-corrected chi connectivity index (χ0v) is 11.9. The highest BCUT2D eigenvalue weighted by atomic mass is 32.2. The number of H-pyrrole nitrogens is 1. The van der Waals surface area contributed by atoms with E-state index < -0.39 is 0 Å². The van der Waals surface area contributed by atoms with Crippen LogP contribution >= 0.6 is 11.8 Å². The van der Waals surface area contributed by atoms with Gasteiger partial charge in [0, 0.05) is 12.7 Å². The molecule has 1 amide bonds. The summed E-state index contributed by atoms with van der Waals surface area (Å²) >= 11 is 1.29. The van der Waals surface area contributed by atoms with Crippen LogP contribution in [0.15, 0.2) is 42.2 Å². The molecular weight excluding hydrogens is 274 g/mol. The van der Waals surface area contributed by atoms with E-state index >= 15 is 0 Å². The maximum atomic E-state index is 11.7. The first-order valence-corrected chi connectivity index (χ1v) is 6.97. The van der Waals surface area contributed by atoms with Crippen molar-refractivity contribution in [3.8, 4) is 11.5 Å². The highest BCUT2D eigenvalue weighted by molar-refractivity contribution is 8.00. The number of pyridine rings is 1. The summed E-state index contributed by atoms with van der Waals surface area (Å²) in [5.74, 6) is 0.519. The standard InChI is InChI=1S/C13H15N5OS/c1-3-7-15-12(19)9(2)20-13-16-11(17-18-13)10-6-4-5-8-14-10/h3-6,8-9H,1,7H2,2H3,(H,15,19)(H,16,17,18)/t9-/m0/s1. The van der Waals surface area contributed by atoms with E-state index in [1.165, 1.54) is 11.8 Å². The largest absolute Gasteiger partial charge is 0.352 e. The molecule has 2 rings (SSSR count). The van der Waals surface area contributed by atoms with Crippen molar-refractivity contribution in [2.75, 3.05) is 6.54 Å². The topological polar surface area (TPSA) is 83.6 Å². The van der Waals surface area contributed by atoms with Gasteiger partial charge in [0.2, 0.25) is 11.1 Å². The number of rotatable bonds is 6. The molecule has 0 aromatic carbocycles. The number of aromatic amines is 1. The molecule has 0 saturated carbocycles. The minimum Gasteiger partial charge on any atom is -0.352 e. The second-order valence-corrected chi connectivity index (χ2v) is 5.28. The fraction of sp³-hybridized carbons (Fsp3) is 0.231. The van der Waals surface area contributed by atoms with Crippen LogP contribution in [-0.2, 0) is 4.79 Å². The molecule has 0 aliphatic heterocycles. The van der Waals surface area contributed by atoms with E-state index in [1.807, 2.05) is 18.2 Å². The smallest absolute Gasteiger partial charge is 0.233 e. The van der Waals surface area contributed by atoms with Gasteiger partial charge in [-0.25, -0.2) is 0 Å². The van der Waals surface area contributed by atoms with Crippen molar-refractivity contribution in [1.29, 1.82) is 0 Å². The fourth-order valence-electron chi connectivity index (χ4n) is 1.44. The fourth-order valence-corrected chi connectivity index (χ4v) is 2.19. The van der Waals surface area contributed by atoms with Crippen LogP contribution in [0.4, 0.5) is 0 Å². The Morgan fingerprint density at radius 3 is 3.15 bits per heavy atom. The predicted molar refractivity (Wildman–Crippen MR) is 78.1 cm³/mol. The highest BCUT2D eigenvalue weighted by Gasteiger charge is 2.16. The van der Waals surface area contributed by atoms with Gasteiger partial charge >= 0.3 is 0 Å². The molecule has 20 heavy (non-hydrogen) atoms. The van der Waals surface area contributed by atoms with Crippen molar-refractivity contribution >= 4 is 17.7 Å². The van der Waals surface area contributed by atoms with E-state index in [0.29, 0.717) is 17.5 Å². The summed E-state index contributed by atoms with van der Waals surface area (Å²) in [5.41, 5.74) is 0.718. The Morgan fingerprint density at radius 2 is 2.45 bits per heavy atom. The predicted octanol–water partition coefficient (Wildman–Crippen LogP) is 1.65. The highest BCUT2D eigenvalue weighted by Crippen LogP contribution is 2.21. The van der Waals surface area contributed by atoms with Gasteiger partial charge in [-0.1, -0.05) is 23.9 Å². The van der Waals surface area contributed by atoms with Gasteiger partial charge < -0.3 is 5.32 Å². The molecule has 0 aliphatic carbocycles. The first kappa shape index (κ1) is 14.3. The van der Waals surface area contributed by atoms with Crippen LogP contribution in [0.25, 0.3) is 11.5 Å². The number of carbonyl (C=O) groups is 1. The number of nitrogens with one attached hydrogen (secondary N) is 2. The summed E-state index contributed by atoms with van der Waals surface area (Å²) in [7, 11) is 0. The van der Waals surface area contributed by atoms with Crippen LogP contribution < -0.4 is 5.32 Å². The Bertz CT molecular complexity index is 583. The summed E-state index contributed by atoms with van der Waals surface area (Å²) in [6.07, 6.45) is 3.33. The molecule has 2 N–H and O–H groups in total. The second-order valence-electron chi connectivity index (χ2n) is 3.98. The quantitative estimate of drug-likeness (QED) is 0.624. The molecule has 2 aromatic heterocycles. The van der Waals surface area contributed by atoms with Crippen molar-refractivity contribution < 1.29 is 4.79 Å². The number of hydrogen-bond donors (Lipinski definition) is 2. The number of thioether (sulfide) groups is 1.